The van der Waals surface area contributed by atoms with Gasteiger partial charge >= 0.3 is 0 Å². The lowest BCUT2D eigenvalue weighted by molar-refractivity contribution is -0.183. The average Bonchev–Trinajstić information content (AvgIpc) is 3.48. The molecule has 1 aliphatic heterocycles. The highest BCUT2D eigenvalue weighted by atomic mass is 19.1. The van der Waals surface area contributed by atoms with Crippen LogP contribution in [0.3, 0.4) is 0 Å². The summed E-state index contributed by atoms with van der Waals surface area (Å²) >= 11 is 0. The predicted octanol–water partition coefficient (Wildman–Crippen LogP) is 4.77. The number of fused-ring (bicyclic) bond motifs is 1. The molecule has 36 heavy (non-hydrogen) atoms. The van der Waals surface area contributed by atoms with Gasteiger partial charge in [0.25, 0.3) is 0 Å². The third kappa shape index (κ3) is 4.59. The van der Waals surface area contributed by atoms with Crippen LogP contribution in [0.15, 0.2) is 42.6 Å². The number of nitriles is 1. The minimum atomic E-state index is -0.487. The van der Waals surface area contributed by atoms with Gasteiger partial charge in [-0.3, -0.25) is 14.4 Å². The molecule has 2 aliphatic rings. The van der Waals surface area contributed by atoms with Crippen LogP contribution < -0.4 is 5.73 Å². The molecule has 2 aromatic carbocycles. The summed E-state index contributed by atoms with van der Waals surface area (Å²) in [6.07, 6.45) is 6.01. The van der Waals surface area contributed by atoms with E-state index in [1.54, 1.807) is 12.1 Å². The van der Waals surface area contributed by atoms with Crippen LogP contribution in [-0.2, 0) is 16.2 Å². The zero-order valence-corrected chi connectivity index (χ0v) is 20.2. The van der Waals surface area contributed by atoms with Gasteiger partial charge in [0.2, 0.25) is 11.8 Å². The van der Waals surface area contributed by atoms with Crippen LogP contribution in [0.2, 0.25) is 0 Å². The third-order valence-corrected chi connectivity index (χ3v) is 7.57. The number of hydrogen-bond donors (Lipinski definition) is 1. The molecule has 2 heterocycles. The lowest BCUT2D eigenvalue weighted by atomic mass is 9.81. The second kappa shape index (κ2) is 9.75. The molecule has 0 radical (unpaired) electrons. The monoisotopic (exact) mass is 488 g/mol. The molecule has 1 aromatic heterocycles. The second-order valence-corrected chi connectivity index (χ2v) is 9.97. The first-order valence-electron chi connectivity index (χ1n) is 12.4. The quantitative estimate of drug-likeness (QED) is 0.559. The van der Waals surface area contributed by atoms with Crippen molar-refractivity contribution in [2.24, 2.45) is 17.6 Å². The van der Waals surface area contributed by atoms with Crippen LogP contribution in [0.1, 0.15) is 65.2 Å². The Balaban J connectivity index is 1.25. The fraction of sp³-hybridized carbons (Fsp3) is 0.393. The van der Waals surface area contributed by atoms with Gasteiger partial charge in [0, 0.05) is 41.5 Å². The SMILES string of the molecule is Cc1cn(C[C@H]2CC[C@H](C(=O)N3OCC[C@H]3c3cc(F)cc(C#N)c3)CC2)c2cc(C(N)=O)ccc12. The van der Waals surface area contributed by atoms with E-state index in [1.165, 1.54) is 17.2 Å². The largest absolute Gasteiger partial charge is 0.366 e. The number of nitrogens with zero attached hydrogens (tertiary/aromatic N) is 3. The standard InChI is InChI=1S/C28H29FN4O3/c1-17-15-32(26-13-21(27(31)34)6-7-24(17)26)16-18-2-4-20(5-3-18)28(35)33-25(8-9-36-33)22-10-19(14-30)11-23(29)12-22/h6-7,10-13,15,18,20,25H,2-5,8-9,16H2,1H3,(H2,31,34)/t18-,20-,25-/m0/s1. The molecule has 186 valence electrons. The molecule has 7 nitrogen and oxygen atoms in total. The van der Waals surface area contributed by atoms with Gasteiger partial charge in [-0.05, 0) is 80.0 Å². The smallest absolute Gasteiger partial charge is 0.249 e. The van der Waals surface area contributed by atoms with Crippen molar-refractivity contribution < 1.29 is 18.8 Å². The molecular formula is C28H29FN4O3. The molecule has 1 saturated carbocycles. The van der Waals surface area contributed by atoms with Crippen LogP contribution in [-0.4, -0.2) is 28.1 Å². The highest BCUT2D eigenvalue weighted by molar-refractivity contribution is 5.97. The van der Waals surface area contributed by atoms with Crippen LogP contribution in [0.25, 0.3) is 10.9 Å². The van der Waals surface area contributed by atoms with Crippen molar-refractivity contribution in [1.82, 2.24) is 9.63 Å². The minimum absolute atomic E-state index is 0.0629. The lowest BCUT2D eigenvalue weighted by Gasteiger charge is -2.32. The highest BCUT2D eigenvalue weighted by Gasteiger charge is 2.37. The Bertz CT molecular complexity index is 1370. The Morgan fingerprint density at radius 3 is 2.64 bits per heavy atom. The van der Waals surface area contributed by atoms with Gasteiger partial charge in [-0.1, -0.05) is 6.07 Å². The van der Waals surface area contributed by atoms with Crippen LogP contribution in [0.5, 0.6) is 0 Å². The second-order valence-electron chi connectivity index (χ2n) is 9.97. The van der Waals surface area contributed by atoms with Gasteiger partial charge in [-0.25, -0.2) is 9.45 Å². The van der Waals surface area contributed by atoms with E-state index < -0.39 is 11.7 Å². The number of primary amides is 1. The fourth-order valence-electron chi connectivity index (χ4n) is 5.69. The van der Waals surface area contributed by atoms with Crippen molar-refractivity contribution in [3.05, 3.63) is 70.7 Å². The number of halogens is 1. The van der Waals surface area contributed by atoms with Crippen LogP contribution >= 0.6 is 0 Å². The van der Waals surface area contributed by atoms with E-state index in [0.717, 1.165) is 48.7 Å². The molecule has 0 unspecified atom stereocenters. The maximum Gasteiger partial charge on any atom is 0.249 e. The maximum atomic E-state index is 14.0. The Labute approximate surface area is 209 Å². The van der Waals surface area contributed by atoms with Crippen LogP contribution in [0.4, 0.5) is 4.39 Å². The first-order chi connectivity index (χ1) is 17.3. The number of carbonyl (C=O) groups is 2. The zero-order chi connectivity index (χ0) is 25.4. The molecule has 2 N–H and O–H groups in total. The first-order valence-corrected chi connectivity index (χ1v) is 12.4. The van der Waals surface area contributed by atoms with Gasteiger partial charge in [-0.2, -0.15) is 5.26 Å². The number of aromatic nitrogens is 1. The molecule has 1 aliphatic carbocycles. The summed E-state index contributed by atoms with van der Waals surface area (Å²) in [5.74, 6) is -0.717. The number of benzene rings is 2. The van der Waals surface area contributed by atoms with E-state index in [1.807, 2.05) is 18.2 Å². The molecule has 0 bridgehead atoms. The number of aryl methyl sites for hydroxylation is 1. The molecule has 2 fully saturated rings. The van der Waals surface area contributed by atoms with Gasteiger partial charge in [0.15, 0.2) is 0 Å². The summed E-state index contributed by atoms with van der Waals surface area (Å²) in [5, 5.41) is 11.7. The van der Waals surface area contributed by atoms with E-state index in [0.29, 0.717) is 30.1 Å². The molecule has 5 rings (SSSR count). The predicted molar refractivity (Wildman–Crippen MR) is 132 cm³/mol. The van der Waals surface area contributed by atoms with Crippen molar-refractivity contribution in [3.63, 3.8) is 0 Å². The topological polar surface area (TPSA) is 101 Å². The Kier molecular flexibility index (Phi) is 6.50. The molecule has 1 atom stereocenters. The Morgan fingerprint density at radius 2 is 1.92 bits per heavy atom. The summed E-state index contributed by atoms with van der Waals surface area (Å²) in [5.41, 5.74) is 8.96. The average molecular weight is 489 g/mol. The van der Waals surface area contributed by atoms with Crippen LogP contribution in [0, 0.1) is 35.9 Å². The zero-order valence-electron chi connectivity index (χ0n) is 20.2. The van der Waals surface area contributed by atoms with E-state index in [9.17, 15) is 19.2 Å². The molecule has 2 amide bonds. The number of carbonyl (C=O) groups excluding carboxylic acids is 2. The van der Waals surface area contributed by atoms with E-state index in [-0.39, 0.29) is 23.4 Å². The summed E-state index contributed by atoms with van der Waals surface area (Å²) in [4.78, 5) is 30.7. The van der Waals surface area contributed by atoms with Crippen molar-refractivity contribution in [2.45, 2.75) is 51.6 Å². The molecule has 0 spiro atoms. The summed E-state index contributed by atoms with van der Waals surface area (Å²) < 4.78 is 16.2. The van der Waals surface area contributed by atoms with E-state index in [2.05, 4.69) is 17.7 Å². The highest BCUT2D eigenvalue weighted by Crippen LogP contribution is 2.37. The molecular weight excluding hydrogens is 459 g/mol. The number of hydrogen-bond acceptors (Lipinski definition) is 4. The van der Waals surface area contributed by atoms with Gasteiger partial charge in [0.1, 0.15) is 5.82 Å². The molecule has 8 heteroatoms. The van der Waals surface area contributed by atoms with Crippen molar-refractivity contribution >= 4 is 22.7 Å². The lowest BCUT2D eigenvalue weighted by Crippen LogP contribution is -2.37. The summed E-state index contributed by atoms with van der Waals surface area (Å²) in [6, 6.07) is 11.4. The fourth-order valence-corrected chi connectivity index (χ4v) is 5.69. The van der Waals surface area contributed by atoms with Gasteiger partial charge in [-0.15, -0.1) is 0 Å². The van der Waals surface area contributed by atoms with E-state index >= 15 is 0 Å². The number of nitrogens with two attached hydrogens (primary N) is 1. The third-order valence-electron chi connectivity index (χ3n) is 7.57. The van der Waals surface area contributed by atoms with Gasteiger partial charge in [0.05, 0.1) is 24.3 Å². The van der Waals surface area contributed by atoms with Crippen molar-refractivity contribution in [1.29, 1.82) is 5.26 Å². The molecule has 3 aromatic rings. The normalized spacial score (nSPS) is 22.0. The maximum absolute atomic E-state index is 14.0. The number of rotatable bonds is 5. The number of hydroxylamine groups is 2. The summed E-state index contributed by atoms with van der Waals surface area (Å²) in [6.45, 7) is 3.26. The minimum Gasteiger partial charge on any atom is -0.366 e. The van der Waals surface area contributed by atoms with Gasteiger partial charge < -0.3 is 10.3 Å². The summed E-state index contributed by atoms with van der Waals surface area (Å²) in [7, 11) is 0. The Morgan fingerprint density at radius 1 is 1.14 bits per heavy atom. The van der Waals surface area contributed by atoms with E-state index in [4.69, 9.17) is 10.6 Å². The molecule has 1 saturated heterocycles. The van der Waals surface area contributed by atoms with Crippen molar-refractivity contribution in [3.8, 4) is 6.07 Å². The van der Waals surface area contributed by atoms with Crippen molar-refractivity contribution in [2.75, 3.05) is 6.61 Å². The first kappa shape index (κ1) is 24.0. The number of amides is 2. The Hall–Kier alpha value is -3.70.